The summed E-state index contributed by atoms with van der Waals surface area (Å²) < 4.78 is 0. The number of hydrogen-bond donors (Lipinski definition) is 2. The number of hydrogen-bond acceptors (Lipinski definition) is 2. The van der Waals surface area contributed by atoms with Gasteiger partial charge in [0.1, 0.15) is 0 Å². The summed E-state index contributed by atoms with van der Waals surface area (Å²) in [6, 6.07) is 12.2. The van der Waals surface area contributed by atoms with E-state index in [1.165, 1.54) is 0 Å². The first-order valence-corrected chi connectivity index (χ1v) is 7.73. The highest BCUT2D eigenvalue weighted by Crippen LogP contribution is 2.21. The van der Waals surface area contributed by atoms with Crippen molar-refractivity contribution in [2.24, 2.45) is 5.92 Å². The Bertz CT molecular complexity index is 742. The molecular formula is C18H19ClN2O2. The number of aryl methyl sites for hydroxylation is 1. The topological polar surface area (TPSA) is 58.2 Å². The lowest BCUT2D eigenvalue weighted by Gasteiger charge is -2.10. The molecule has 0 aliphatic carbocycles. The average molecular weight is 331 g/mol. The molecule has 2 rings (SSSR count). The Morgan fingerprint density at radius 3 is 2.35 bits per heavy atom. The lowest BCUT2D eigenvalue weighted by Crippen LogP contribution is -2.18. The number of benzene rings is 2. The smallest absolute Gasteiger partial charge is 0.255 e. The van der Waals surface area contributed by atoms with Crippen LogP contribution in [-0.4, -0.2) is 11.8 Å². The van der Waals surface area contributed by atoms with Gasteiger partial charge in [-0.2, -0.15) is 0 Å². The summed E-state index contributed by atoms with van der Waals surface area (Å²) in [6.45, 7) is 5.52. The van der Waals surface area contributed by atoms with Crippen LogP contribution >= 0.6 is 11.6 Å². The van der Waals surface area contributed by atoms with Crippen LogP contribution in [0, 0.1) is 12.8 Å². The zero-order valence-electron chi connectivity index (χ0n) is 13.3. The van der Waals surface area contributed by atoms with Gasteiger partial charge in [-0.1, -0.05) is 37.6 Å². The Hall–Kier alpha value is -2.33. The summed E-state index contributed by atoms with van der Waals surface area (Å²) in [5.74, 6) is -0.472. The first-order valence-electron chi connectivity index (χ1n) is 7.35. The quantitative estimate of drug-likeness (QED) is 0.867. The number of anilines is 2. The SMILES string of the molecule is Cc1ccc(NC(=O)c2cccc(NC(=O)C(C)C)c2)cc1Cl. The van der Waals surface area contributed by atoms with E-state index in [0.717, 1.165) is 5.56 Å². The number of rotatable bonds is 4. The Labute approximate surface area is 140 Å². The molecule has 0 saturated heterocycles. The number of amides is 2. The van der Waals surface area contributed by atoms with Crippen LogP contribution in [-0.2, 0) is 4.79 Å². The van der Waals surface area contributed by atoms with E-state index >= 15 is 0 Å². The monoisotopic (exact) mass is 330 g/mol. The third kappa shape index (κ3) is 4.57. The Balaban J connectivity index is 2.13. The van der Waals surface area contributed by atoms with E-state index in [0.29, 0.717) is 22.0 Å². The number of carbonyl (C=O) groups is 2. The van der Waals surface area contributed by atoms with Gasteiger partial charge in [0.2, 0.25) is 5.91 Å². The molecule has 23 heavy (non-hydrogen) atoms. The average Bonchev–Trinajstić information content (AvgIpc) is 2.51. The zero-order valence-corrected chi connectivity index (χ0v) is 14.1. The predicted molar refractivity (Wildman–Crippen MR) is 94.1 cm³/mol. The second-order valence-corrected chi connectivity index (χ2v) is 6.05. The molecule has 2 aromatic carbocycles. The summed E-state index contributed by atoms with van der Waals surface area (Å²) in [5.41, 5.74) is 2.63. The van der Waals surface area contributed by atoms with Gasteiger partial charge in [-0.3, -0.25) is 9.59 Å². The van der Waals surface area contributed by atoms with Crippen molar-refractivity contribution >= 4 is 34.8 Å². The molecular weight excluding hydrogens is 312 g/mol. The van der Waals surface area contributed by atoms with Crippen LogP contribution < -0.4 is 10.6 Å². The van der Waals surface area contributed by atoms with E-state index in [1.54, 1.807) is 36.4 Å². The van der Waals surface area contributed by atoms with E-state index in [4.69, 9.17) is 11.6 Å². The van der Waals surface area contributed by atoms with Crippen molar-refractivity contribution in [2.45, 2.75) is 20.8 Å². The summed E-state index contributed by atoms with van der Waals surface area (Å²) in [4.78, 5) is 24.0. The summed E-state index contributed by atoms with van der Waals surface area (Å²) in [5, 5.41) is 6.17. The molecule has 5 heteroatoms. The van der Waals surface area contributed by atoms with Gasteiger partial charge in [0.05, 0.1) is 0 Å². The minimum Gasteiger partial charge on any atom is -0.326 e. The minimum atomic E-state index is -0.259. The normalized spacial score (nSPS) is 10.5. The van der Waals surface area contributed by atoms with E-state index in [2.05, 4.69) is 10.6 Å². The van der Waals surface area contributed by atoms with E-state index in [-0.39, 0.29) is 17.7 Å². The zero-order chi connectivity index (χ0) is 17.0. The highest BCUT2D eigenvalue weighted by Gasteiger charge is 2.10. The van der Waals surface area contributed by atoms with E-state index in [9.17, 15) is 9.59 Å². The molecule has 2 amide bonds. The first kappa shape index (κ1) is 17.0. The third-order valence-electron chi connectivity index (χ3n) is 3.35. The minimum absolute atomic E-state index is 0.0899. The molecule has 0 aliphatic rings. The highest BCUT2D eigenvalue weighted by atomic mass is 35.5. The Morgan fingerprint density at radius 2 is 1.70 bits per heavy atom. The maximum atomic E-state index is 12.3. The lowest BCUT2D eigenvalue weighted by molar-refractivity contribution is -0.118. The van der Waals surface area contributed by atoms with Crippen molar-refractivity contribution in [2.75, 3.05) is 10.6 Å². The fraction of sp³-hybridized carbons (Fsp3) is 0.222. The van der Waals surface area contributed by atoms with Gasteiger partial charge < -0.3 is 10.6 Å². The fourth-order valence-electron chi connectivity index (χ4n) is 1.90. The molecule has 2 aromatic rings. The van der Waals surface area contributed by atoms with Crippen molar-refractivity contribution in [3.8, 4) is 0 Å². The van der Waals surface area contributed by atoms with E-state index in [1.807, 2.05) is 26.8 Å². The molecule has 0 unspecified atom stereocenters. The number of nitrogens with one attached hydrogen (secondary N) is 2. The first-order chi connectivity index (χ1) is 10.9. The van der Waals surface area contributed by atoms with Crippen LogP contribution in [0.2, 0.25) is 5.02 Å². The molecule has 0 fully saturated rings. The second-order valence-electron chi connectivity index (χ2n) is 5.64. The standard InChI is InChI=1S/C18H19ClN2O2/c1-11(2)17(22)20-14-6-4-5-13(9-14)18(23)21-15-8-7-12(3)16(19)10-15/h4-11H,1-3H3,(H,20,22)(H,21,23). The maximum Gasteiger partial charge on any atom is 0.255 e. The lowest BCUT2D eigenvalue weighted by atomic mass is 10.1. The van der Waals surface area contributed by atoms with Crippen molar-refractivity contribution in [3.63, 3.8) is 0 Å². The van der Waals surface area contributed by atoms with Gasteiger partial charge in [-0.15, -0.1) is 0 Å². The number of halogens is 1. The van der Waals surface area contributed by atoms with Gasteiger partial charge in [-0.05, 0) is 42.8 Å². The van der Waals surface area contributed by atoms with Crippen molar-refractivity contribution < 1.29 is 9.59 Å². The summed E-state index contributed by atoms with van der Waals surface area (Å²) in [7, 11) is 0. The highest BCUT2D eigenvalue weighted by molar-refractivity contribution is 6.31. The van der Waals surface area contributed by atoms with Gasteiger partial charge in [0, 0.05) is 27.9 Å². The number of carbonyl (C=O) groups excluding carboxylic acids is 2. The molecule has 120 valence electrons. The summed E-state index contributed by atoms with van der Waals surface area (Å²) in [6.07, 6.45) is 0. The molecule has 0 atom stereocenters. The van der Waals surface area contributed by atoms with Crippen LogP contribution in [0.5, 0.6) is 0 Å². The van der Waals surface area contributed by atoms with Gasteiger partial charge in [-0.25, -0.2) is 0 Å². The molecule has 0 aliphatic heterocycles. The maximum absolute atomic E-state index is 12.3. The molecule has 2 N–H and O–H groups in total. The molecule has 4 nitrogen and oxygen atoms in total. The van der Waals surface area contributed by atoms with Crippen molar-refractivity contribution in [1.29, 1.82) is 0 Å². The van der Waals surface area contributed by atoms with Crippen LogP contribution in [0.15, 0.2) is 42.5 Å². The molecule has 0 bridgehead atoms. The van der Waals surface area contributed by atoms with Gasteiger partial charge in [0.25, 0.3) is 5.91 Å². The fourth-order valence-corrected chi connectivity index (χ4v) is 2.08. The van der Waals surface area contributed by atoms with Crippen LogP contribution in [0.1, 0.15) is 29.8 Å². The predicted octanol–water partition coefficient (Wildman–Crippen LogP) is 4.50. The van der Waals surface area contributed by atoms with Crippen LogP contribution in [0.4, 0.5) is 11.4 Å². The Morgan fingerprint density at radius 1 is 1.00 bits per heavy atom. The van der Waals surface area contributed by atoms with Crippen LogP contribution in [0.25, 0.3) is 0 Å². The second kappa shape index (κ2) is 7.29. The molecule has 0 heterocycles. The Kier molecular flexibility index (Phi) is 5.40. The van der Waals surface area contributed by atoms with Crippen molar-refractivity contribution in [1.82, 2.24) is 0 Å². The molecule has 0 aromatic heterocycles. The molecule has 0 spiro atoms. The van der Waals surface area contributed by atoms with Gasteiger partial charge >= 0.3 is 0 Å². The van der Waals surface area contributed by atoms with Crippen LogP contribution in [0.3, 0.4) is 0 Å². The summed E-state index contributed by atoms with van der Waals surface area (Å²) >= 11 is 6.06. The molecule has 0 saturated carbocycles. The third-order valence-corrected chi connectivity index (χ3v) is 3.75. The van der Waals surface area contributed by atoms with Gasteiger partial charge in [0.15, 0.2) is 0 Å². The van der Waals surface area contributed by atoms with Crippen molar-refractivity contribution in [3.05, 3.63) is 58.6 Å². The largest absolute Gasteiger partial charge is 0.326 e. The molecule has 0 radical (unpaired) electrons. The van der Waals surface area contributed by atoms with E-state index < -0.39 is 0 Å².